The van der Waals surface area contributed by atoms with Crippen LogP contribution in [0.15, 0.2) is 36.4 Å². The quantitative estimate of drug-likeness (QED) is 0.683. The summed E-state index contributed by atoms with van der Waals surface area (Å²) in [6, 6.07) is 9.77. The van der Waals surface area contributed by atoms with Gasteiger partial charge in [-0.15, -0.1) is 0 Å². The zero-order valence-electron chi connectivity index (χ0n) is 15.4. The van der Waals surface area contributed by atoms with Crippen LogP contribution in [0, 0.1) is 5.82 Å². The van der Waals surface area contributed by atoms with Crippen molar-refractivity contribution >= 4 is 22.7 Å². The van der Waals surface area contributed by atoms with E-state index in [-0.39, 0.29) is 12.4 Å². The van der Waals surface area contributed by atoms with Gasteiger partial charge in [-0.25, -0.2) is 9.37 Å². The topological polar surface area (TPSA) is 82.7 Å². The lowest BCUT2D eigenvalue weighted by Gasteiger charge is -2.19. The number of nitrogens with two attached hydrogens (primary N) is 1. The van der Waals surface area contributed by atoms with Gasteiger partial charge in [0.25, 0.3) is 0 Å². The Morgan fingerprint density at radius 3 is 2.44 bits per heavy atom. The van der Waals surface area contributed by atoms with E-state index in [1.807, 2.05) is 7.05 Å². The second kappa shape index (κ2) is 7.94. The molecular weight excluding hydrogens is 351 g/mol. The molecule has 0 atom stereocenters. The van der Waals surface area contributed by atoms with Crippen LogP contribution in [0.1, 0.15) is 0 Å². The fourth-order valence-electron chi connectivity index (χ4n) is 2.59. The number of hydrogen-bond acceptors (Lipinski definition) is 7. The first kappa shape index (κ1) is 18.5. The Morgan fingerprint density at radius 1 is 1.04 bits per heavy atom. The summed E-state index contributed by atoms with van der Waals surface area (Å²) in [7, 11) is 4.92. The molecule has 0 bridgehead atoms. The summed E-state index contributed by atoms with van der Waals surface area (Å²) in [5.74, 6) is 1.69. The minimum absolute atomic E-state index is 0.210. The highest BCUT2D eigenvalue weighted by Crippen LogP contribution is 2.33. The van der Waals surface area contributed by atoms with E-state index in [4.69, 9.17) is 19.9 Å². The Bertz CT molecular complexity index is 952. The second-order valence-electron chi connectivity index (χ2n) is 5.83. The van der Waals surface area contributed by atoms with Gasteiger partial charge in [0.1, 0.15) is 12.4 Å². The molecule has 0 saturated heterocycles. The molecule has 1 aromatic heterocycles. The lowest BCUT2D eigenvalue weighted by molar-refractivity contribution is 0.308. The van der Waals surface area contributed by atoms with Crippen molar-refractivity contribution in [3.63, 3.8) is 0 Å². The van der Waals surface area contributed by atoms with Crippen molar-refractivity contribution in [2.24, 2.45) is 0 Å². The van der Waals surface area contributed by atoms with Crippen LogP contribution in [0.5, 0.6) is 17.2 Å². The van der Waals surface area contributed by atoms with Gasteiger partial charge < -0.3 is 24.8 Å². The zero-order chi connectivity index (χ0) is 19.4. The zero-order valence-corrected chi connectivity index (χ0v) is 15.4. The Morgan fingerprint density at radius 2 is 1.74 bits per heavy atom. The first-order chi connectivity index (χ1) is 13.0. The third kappa shape index (κ3) is 3.94. The number of likely N-dealkylation sites (N-methyl/N-ethyl adjacent to an activating group) is 1. The number of halogens is 1. The van der Waals surface area contributed by atoms with E-state index in [0.29, 0.717) is 40.7 Å². The minimum Gasteiger partial charge on any atom is -0.493 e. The predicted octanol–water partition coefficient (Wildman–Crippen LogP) is 2.88. The van der Waals surface area contributed by atoms with Crippen molar-refractivity contribution in [1.29, 1.82) is 0 Å². The van der Waals surface area contributed by atoms with E-state index in [0.717, 1.165) is 0 Å². The maximum Gasteiger partial charge on any atom is 0.227 e. The molecule has 0 saturated carbocycles. The number of aromatic nitrogens is 2. The number of ether oxygens (including phenoxy) is 3. The molecule has 3 aromatic rings. The van der Waals surface area contributed by atoms with Crippen LogP contribution >= 0.6 is 0 Å². The van der Waals surface area contributed by atoms with Crippen LogP contribution in [-0.4, -0.2) is 44.4 Å². The monoisotopic (exact) mass is 372 g/mol. The van der Waals surface area contributed by atoms with Crippen molar-refractivity contribution in [3.05, 3.63) is 42.2 Å². The van der Waals surface area contributed by atoms with Crippen molar-refractivity contribution in [2.75, 3.05) is 45.1 Å². The highest BCUT2D eigenvalue weighted by molar-refractivity contribution is 5.91. The number of nitrogens with zero attached hydrogens (tertiary/aromatic N) is 3. The van der Waals surface area contributed by atoms with E-state index in [1.165, 1.54) is 6.07 Å². The molecule has 0 aliphatic rings. The molecule has 27 heavy (non-hydrogen) atoms. The summed E-state index contributed by atoms with van der Waals surface area (Å²) in [6.07, 6.45) is 0. The standard InChI is InChI=1S/C19H21FN4O3/c1-24(8-9-27-15-7-5-4-6-13(15)20)19-22-14-11-17(26-3)16(25-2)10-12(14)18(21)23-19/h4-7,10-11H,8-9H2,1-3H3,(H2,21,22,23). The molecule has 1 heterocycles. The molecular formula is C19H21FN4O3. The summed E-state index contributed by atoms with van der Waals surface area (Å²) >= 11 is 0. The van der Waals surface area contributed by atoms with Gasteiger partial charge in [-0.05, 0) is 18.2 Å². The average Bonchev–Trinajstić information content (AvgIpc) is 2.68. The Balaban J connectivity index is 1.78. The Hall–Kier alpha value is -3.29. The van der Waals surface area contributed by atoms with Gasteiger partial charge in [-0.3, -0.25) is 0 Å². The van der Waals surface area contributed by atoms with Gasteiger partial charge in [0, 0.05) is 18.5 Å². The predicted molar refractivity (Wildman–Crippen MR) is 102 cm³/mol. The lowest BCUT2D eigenvalue weighted by atomic mass is 10.2. The molecule has 7 nitrogen and oxygen atoms in total. The highest BCUT2D eigenvalue weighted by atomic mass is 19.1. The lowest BCUT2D eigenvalue weighted by Crippen LogP contribution is -2.26. The van der Waals surface area contributed by atoms with Gasteiger partial charge in [0.05, 0.1) is 26.3 Å². The third-order valence-corrected chi connectivity index (χ3v) is 4.08. The number of fused-ring (bicyclic) bond motifs is 1. The molecule has 0 amide bonds. The van der Waals surface area contributed by atoms with Crippen LogP contribution in [0.3, 0.4) is 0 Å². The van der Waals surface area contributed by atoms with Gasteiger partial charge >= 0.3 is 0 Å². The van der Waals surface area contributed by atoms with Gasteiger partial charge in [0.2, 0.25) is 5.95 Å². The smallest absolute Gasteiger partial charge is 0.227 e. The number of hydrogen-bond donors (Lipinski definition) is 1. The second-order valence-corrected chi connectivity index (χ2v) is 5.83. The van der Waals surface area contributed by atoms with Crippen LogP contribution < -0.4 is 24.8 Å². The third-order valence-electron chi connectivity index (χ3n) is 4.08. The first-order valence-corrected chi connectivity index (χ1v) is 8.31. The summed E-state index contributed by atoms with van der Waals surface area (Å²) < 4.78 is 29.7. The molecule has 0 aliphatic carbocycles. The van der Waals surface area contributed by atoms with E-state index < -0.39 is 5.82 Å². The number of benzene rings is 2. The van der Waals surface area contributed by atoms with Crippen molar-refractivity contribution in [2.45, 2.75) is 0 Å². The van der Waals surface area contributed by atoms with E-state index in [1.54, 1.807) is 49.5 Å². The van der Waals surface area contributed by atoms with Crippen molar-refractivity contribution in [1.82, 2.24) is 9.97 Å². The van der Waals surface area contributed by atoms with Gasteiger partial charge in [0.15, 0.2) is 23.1 Å². The van der Waals surface area contributed by atoms with E-state index in [9.17, 15) is 4.39 Å². The molecule has 0 aliphatic heterocycles. The van der Waals surface area contributed by atoms with E-state index >= 15 is 0 Å². The van der Waals surface area contributed by atoms with Crippen LogP contribution in [-0.2, 0) is 0 Å². The van der Waals surface area contributed by atoms with Crippen LogP contribution in [0.25, 0.3) is 10.9 Å². The molecule has 2 aromatic carbocycles. The summed E-state index contributed by atoms with van der Waals surface area (Å²) in [6.45, 7) is 0.719. The number of para-hydroxylation sites is 1. The molecule has 0 radical (unpaired) electrons. The largest absolute Gasteiger partial charge is 0.493 e. The average molecular weight is 372 g/mol. The first-order valence-electron chi connectivity index (χ1n) is 8.31. The SMILES string of the molecule is COc1cc2nc(N(C)CCOc3ccccc3F)nc(N)c2cc1OC. The van der Waals surface area contributed by atoms with Crippen LogP contribution in [0.2, 0.25) is 0 Å². The molecule has 142 valence electrons. The normalized spacial score (nSPS) is 10.7. The van der Waals surface area contributed by atoms with Crippen molar-refractivity contribution in [3.8, 4) is 17.2 Å². The summed E-state index contributed by atoms with van der Waals surface area (Å²) in [5.41, 5.74) is 6.73. The molecule has 8 heteroatoms. The number of anilines is 2. The molecule has 0 fully saturated rings. The highest BCUT2D eigenvalue weighted by Gasteiger charge is 2.14. The number of rotatable bonds is 7. The van der Waals surface area contributed by atoms with Crippen molar-refractivity contribution < 1.29 is 18.6 Å². The molecule has 0 unspecified atom stereocenters. The van der Waals surface area contributed by atoms with Crippen LogP contribution in [0.4, 0.5) is 16.2 Å². The van der Waals surface area contributed by atoms with E-state index in [2.05, 4.69) is 9.97 Å². The number of methoxy groups -OCH3 is 2. The number of nitrogen functional groups attached to an aromatic ring is 1. The maximum absolute atomic E-state index is 13.6. The molecule has 3 rings (SSSR count). The van der Waals surface area contributed by atoms with Gasteiger partial charge in [-0.1, -0.05) is 12.1 Å². The minimum atomic E-state index is -0.396. The summed E-state index contributed by atoms with van der Waals surface area (Å²) in [5, 5.41) is 0.674. The molecule has 0 spiro atoms. The Labute approximate surface area is 156 Å². The maximum atomic E-state index is 13.6. The fourth-order valence-corrected chi connectivity index (χ4v) is 2.59. The fraction of sp³-hybridized carbons (Fsp3) is 0.263. The Kier molecular flexibility index (Phi) is 5.44. The van der Waals surface area contributed by atoms with Gasteiger partial charge in [-0.2, -0.15) is 4.98 Å². The summed E-state index contributed by atoms with van der Waals surface area (Å²) in [4.78, 5) is 10.7. The molecule has 2 N–H and O–H groups in total.